The summed E-state index contributed by atoms with van der Waals surface area (Å²) in [6.07, 6.45) is -2.92. The summed E-state index contributed by atoms with van der Waals surface area (Å²) in [4.78, 5) is 4.16. The number of aryl methyl sites for hydroxylation is 1. The maximum Gasteiger partial charge on any atom is 0.417 e. The zero-order chi connectivity index (χ0) is 15.5. The van der Waals surface area contributed by atoms with E-state index in [1.54, 1.807) is 18.3 Å². The van der Waals surface area contributed by atoms with Crippen molar-refractivity contribution < 1.29 is 13.2 Å². The maximum atomic E-state index is 12.9. The molecule has 0 amide bonds. The Balaban J connectivity index is 2.23. The average molecular weight is 291 g/mol. The van der Waals surface area contributed by atoms with Gasteiger partial charge in [-0.2, -0.15) is 18.4 Å². The molecule has 21 heavy (non-hydrogen) atoms. The van der Waals surface area contributed by atoms with Crippen molar-refractivity contribution in [3.8, 4) is 6.07 Å². The largest absolute Gasteiger partial charge is 0.417 e. The van der Waals surface area contributed by atoms with Crippen LogP contribution in [0.5, 0.6) is 0 Å². The van der Waals surface area contributed by atoms with Crippen molar-refractivity contribution in [3.63, 3.8) is 0 Å². The van der Waals surface area contributed by atoms with Crippen molar-refractivity contribution >= 4 is 5.69 Å². The molecule has 1 heterocycles. The molecule has 0 aliphatic rings. The van der Waals surface area contributed by atoms with Gasteiger partial charge in [0.2, 0.25) is 0 Å². The molecule has 0 unspecified atom stereocenters. The van der Waals surface area contributed by atoms with Gasteiger partial charge in [-0.05, 0) is 36.8 Å². The van der Waals surface area contributed by atoms with Gasteiger partial charge in [0.15, 0.2) is 0 Å². The standard InChI is InChI=1S/C15H12F3N3/c1-10-3-2-6-20-14(10)9-21-12-5-4-11(8-19)13(7-12)15(16,17)18/h2-7,21H,9H2,1H3. The highest BCUT2D eigenvalue weighted by molar-refractivity contribution is 5.53. The van der Waals surface area contributed by atoms with Crippen molar-refractivity contribution in [1.29, 1.82) is 5.26 Å². The van der Waals surface area contributed by atoms with E-state index in [1.165, 1.54) is 6.07 Å². The van der Waals surface area contributed by atoms with Crippen LogP contribution in [0.2, 0.25) is 0 Å². The van der Waals surface area contributed by atoms with Crippen molar-refractivity contribution in [1.82, 2.24) is 4.98 Å². The lowest BCUT2D eigenvalue weighted by molar-refractivity contribution is -0.137. The van der Waals surface area contributed by atoms with Gasteiger partial charge in [0, 0.05) is 11.9 Å². The van der Waals surface area contributed by atoms with E-state index in [0.29, 0.717) is 12.2 Å². The number of rotatable bonds is 3. The fourth-order valence-electron chi connectivity index (χ4n) is 1.88. The summed E-state index contributed by atoms with van der Waals surface area (Å²) in [5, 5.41) is 11.6. The van der Waals surface area contributed by atoms with Gasteiger partial charge >= 0.3 is 6.18 Å². The van der Waals surface area contributed by atoms with Crippen molar-refractivity contribution in [3.05, 3.63) is 58.9 Å². The Morgan fingerprint density at radius 3 is 2.67 bits per heavy atom. The summed E-state index contributed by atoms with van der Waals surface area (Å²) in [6, 6.07) is 8.78. The van der Waals surface area contributed by atoms with E-state index in [4.69, 9.17) is 5.26 Å². The Bertz CT molecular complexity index is 687. The van der Waals surface area contributed by atoms with E-state index >= 15 is 0 Å². The quantitative estimate of drug-likeness (QED) is 0.933. The van der Waals surface area contributed by atoms with Gasteiger partial charge in [0.1, 0.15) is 0 Å². The third-order valence-corrected chi connectivity index (χ3v) is 3.02. The minimum absolute atomic E-state index is 0.298. The molecule has 6 heteroatoms. The van der Waals surface area contributed by atoms with Crippen LogP contribution in [-0.2, 0) is 12.7 Å². The van der Waals surface area contributed by atoms with Crippen molar-refractivity contribution in [2.45, 2.75) is 19.6 Å². The van der Waals surface area contributed by atoms with Gasteiger partial charge in [-0.1, -0.05) is 6.07 Å². The first-order valence-electron chi connectivity index (χ1n) is 6.17. The van der Waals surface area contributed by atoms with Crippen LogP contribution < -0.4 is 5.32 Å². The molecule has 0 atom stereocenters. The lowest BCUT2D eigenvalue weighted by atomic mass is 10.1. The number of pyridine rings is 1. The third-order valence-electron chi connectivity index (χ3n) is 3.02. The molecule has 0 aliphatic carbocycles. The normalized spacial score (nSPS) is 11.0. The minimum atomic E-state index is -4.55. The number of aromatic nitrogens is 1. The van der Waals surface area contributed by atoms with Gasteiger partial charge in [-0.15, -0.1) is 0 Å². The van der Waals surface area contributed by atoms with E-state index in [1.807, 2.05) is 13.0 Å². The number of nitrogens with zero attached hydrogens (tertiary/aromatic N) is 2. The van der Waals surface area contributed by atoms with Crippen LogP contribution in [0.4, 0.5) is 18.9 Å². The zero-order valence-corrected chi connectivity index (χ0v) is 11.2. The molecule has 0 saturated heterocycles. The summed E-state index contributed by atoms with van der Waals surface area (Å²) < 4.78 is 38.6. The smallest absolute Gasteiger partial charge is 0.379 e. The molecule has 108 valence electrons. The minimum Gasteiger partial charge on any atom is -0.379 e. The predicted octanol–water partition coefficient (Wildman–Crippen LogP) is 3.89. The molecular formula is C15H12F3N3. The van der Waals surface area contributed by atoms with Crippen LogP contribution >= 0.6 is 0 Å². The molecule has 1 N–H and O–H groups in total. The van der Waals surface area contributed by atoms with Crippen LogP contribution in [0, 0.1) is 18.3 Å². The van der Waals surface area contributed by atoms with Crippen LogP contribution in [0.25, 0.3) is 0 Å². The Kier molecular flexibility index (Phi) is 4.13. The lowest BCUT2D eigenvalue weighted by Gasteiger charge is -2.12. The van der Waals surface area contributed by atoms with Crippen LogP contribution in [0.1, 0.15) is 22.4 Å². The van der Waals surface area contributed by atoms with E-state index in [0.717, 1.165) is 23.4 Å². The highest BCUT2D eigenvalue weighted by Crippen LogP contribution is 2.33. The molecule has 2 aromatic rings. The second-order valence-electron chi connectivity index (χ2n) is 4.49. The maximum absolute atomic E-state index is 12.9. The number of hydrogen-bond acceptors (Lipinski definition) is 3. The summed E-state index contributed by atoms with van der Waals surface area (Å²) in [5.74, 6) is 0. The number of nitriles is 1. The number of hydrogen-bond donors (Lipinski definition) is 1. The predicted molar refractivity (Wildman–Crippen MR) is 72.5 cm³/mol. The van der Waals surface area contributed by atoms with Gasteiger partial charge in [-0.3, -0.25) is 4.98 Å². The number of benzene rings is 1. The second kappa shape index (κ2) is 5.83. The fraction of sp³-hybridized carbons (Fsp3) is 0.200. The first kappa shape index (κ1) is 14.9. The molecule has 0 radical (unpaired) electrons. The average Bonchev–Trinajstić information content (AvgIpc) is 2.45. The van der Waals surface area contributed by atoms with E-state index in [9.17, 15) is 13.2 Å². The third kappa shape index (κ3) is 3.51. The van der Waals surface area contributed by atoms with Crippen LogP contribution in [-0.4, -0.2) is 4.98 Å². The fourth-order valence-corrected chi connectivity index (χ4v) is 1.88. The lowest BCUT2D eigenvalue weighted by Crippen LogP contribution is -2.10. The summed E-state index contributed by atoms with van der Waals surface area (Å²) in [6.45, 7) is 2.19. The molecule has 0 saturated carbocycles. The van der Waals surface area contributed by atoms with Crippen LogP contribution in [0.3, 0.4) is 0 Å². The Hall–Kier alpha value is -2.55. The molecule has 1 aromatic heterocycles. The molecule has 1 aromatic carbocycles. The van der Waals surface area contributed by atoms with E-state index < -0.39 is 11.7 Å². The second-order valence-corrected chi connectivity index (χ2v) is 4.49. The first-order valence-corrected chi connectivity index (χ1v) is 6.17. The topological polar surface area (TPSA) is 48.7 Å². The highest BCUT2D eigenvalue weighted by atomic mass is 19.4. The molecular weight excluding hydrogens is 279 g/mol. The molecule has 0 spiro atoms. The van der Waals surface area contributed by atoms with E-state index in [2.05, 4.69) is 10.3 Å². The number of nitrogens with one attached hydrogen (secondary N) is 1. The first-order chi connectivity index (χ1) is 9.91. The van der Waals surface area contributed by atoms with Crippen molar-refractivity contribution in [2.24, 2.45) is 0 Å². The van der Waals surface area contributed by atoms with Gasteiger partial charge in [0.05, 0.1) is 29.4 Å². The zero-order valence-electron chi connectivity index (χ0n) is 11.2. The van der Waals surface area contributed by atoms with Crippen LogP contribution in [0.15, 0.2) is 36.5 Å². The monoisotopic (exact) mass is 291 g/mol. The van der Waals surface area contributed by atoms with E-state index in [-0.39, 0.29) is 5.56 Å². The summed E-state index contributed by atoms with van der Waals surface area (Å²) in [7, 11) is 0. The number of alkyl halides is 3. The number of anilines is 1. The van der Waals surface area contributed by atoms with Gasteiger partial charge < -0.3 is 5.32 Å². The summed E-state index contributed by atoms with van der Waals surface area (Å²) in [5.41, 5.74) is 0.686. The Morgan fingerprint density at radius 2 is 2.05 bits per heavy atom. The van der Waals surface area contributed by atoms with Gasteiger partial charge in [0.25, 0.3) is 0 Å². The molecule has 0 aliphatic heterocycles. The molecule has 3 nitrogen and oxygen atoms in total. The molecule has 0 fully saturated rings. The molecule has 0 bridgehead atoms. The number of halogens is 3. The Morgan fingerprint density at radius 1 is 1.29 bits per heavy atom. The SMILES string of the molecule is Cc1cccnc1CNc1ccc(C#N)c(C(F)(F)F)c1. The summed E-state index contributed by atoms with van der Waals surface area (Å²) >= 11 is 0. The van der Waals surface area contributed by atoms with Gasteiger partial charge in [-0.25, -0.2) is 0 Å². The van der Waals surface area contributed by atoms with Crippen molar-refractivity contribution in [2.75, 3.05) is 5.32 Å². The highest BCUT2D eigenvalue weighted by Gasteiger charge is 2.33. The Labute approximate surface area is 120 Å². The molecule has 2 rings (SSSR count).